The number of methoxy groups -OCH3 is 1. The van der Waals surface area contributed by atoms with E-state index in [0.29, 0.717) is 30.7 Å². The minimum absolute atomic E-state index is 0.252. The molecular formula is C15H19NO5. The third-order valence-corrected chi connectivity index (χ3v) is 3.47. The molecule has 21 heavy (non-hydrogen) atoms. The highest BCUT2D eigenvalue weighted by Gasteiger charge is 2.30. The van der Waals surface area contributed by atoms with Gasteiger partial charge in [0.1, 0.15) is 5.75 Å². The molecule has 1 aromatic carbocycles. The second kappa shape index (κ2) is 6.58. The molecule has 1 heterocycles. The molecule has 0 radical (unpaired) electrons. The van der Waals surface area contributed by atoms with Gasteiger partial charge in [-0.25, -0.2) is 4.79 Å². The normalized spacial score (nSPS) is 21.0. The first-order chi connectivity index (χ1) is 10.0. The Kier molecular flexibility index (Phi) is 4.80. The maximum atomic E-state index is 12.2. The van der Waals surface area contributed by atoms with Crippen molar-refractivity contribution in [3.8, 4) is 5.75 Å². The molecular weight excluding hydrogens is 274 g/mol. The number of aryl methyl sites for hydroxylation is 1. The van der Waals surface area contributed by atoms with Crippen molar-refractivity contribution in [3.63, 3.8) is 0 Å². The molecule has 1 amide bonds. The summed E-state index contributed by atoms with van der Waals surface area (Å²) >= 11 is 0. The van der Waals surface area contributed by atoms with Crippen molar-refractivity contribution in [2.24, 2.45) is 0 Å². The molecule has 1 fully saturated rings. The van der Waals surface area contributed by atoms with E-state index in [-0.39, 0.29) is 12.0 Å². The standard InChI is InChI=1S/C15H19NO5/c1-9-3-5-12(20-2)11(7-9)14(17)16-8-10-4-6-13(21-10)15(18)19/h3,5,7,10,13H,4,6,8H2,1-2H3,(H,16,17)(H,18,19). The number of hydrogen-bond acceptors (Lipinski definition) is 4. The predicted molar refractivity (Wildman–Crippen MR) is 75.6 cm³/mol. The third-order valence-electron chi connectivity index (χ3n) is 3.47. The fourth-order valence-corrected chi connectivity index (χ4v) is 2.34. The number of ether oxygens (including phenoxy) is 2. The molecule has 1 aromatic rings. The van der Waals surface area contributed by atoms with Crippen LogP contribution in [0.15, 0.2) is 18.2 Å². The van der Waals surface area contributed by atoms with Gasteiger partial charge in [0, 0.05) is 6.54 Å². The topological polar surface area (TPSA) is 84.9 Å². The van der Waals surface area contributed by atoms with Crippen molar-refractivity contribution < 1.29 is 24.2 Å². The number of hydrogen-bond donors (Lipinski definition) is 2. The van der Waals surface area contributed by atoms with E-state index in [4.69, 9.17) is 14.6 Å². The number of carboxylic acids is 1. The van der Waals surface area contributed by atoms with E-state index in [1.54, 1.807) is 12.1 Å². The SMILES string of the molecule is COc1ccc(C)cc1C(=O)NCC1CCC(C(=O)O)O1. The van der Waals surface area contributed by atoms with Crippen LogP contribution in [0, 0.1) is 6.92 Å². The molecule has 2 N–H and O–H groups in total. The van der Waals surface area contributed by atoms with Gasteiger partial charge in [-0.1, -0.05) is 11.6 Å². The first-order valence-electron chi connectivity index (χ1n) is 6.82. The second-order valence-corrected chi connectivity index (χ2v) is 5.08. The first-order valence-corrected chi connectivity index (χ1v) is 6.82. The fraction of sp³-hybridized carbons (Fsp3) is 0.467. The minimum Gasteiger partial charge on any atom is -0.496 e. The summed E-state index contributed by atoms with van der Waals surface area (Å²) in [4.78, 5) is 23.0. The zero-order chi connectivity index (χ0) is 15.4. The van der Waals surface area contributed by atoms with Crippen LogP contribution >= 0.6 is 0 Å². The van der Waals surface area contributed by atoms with E-state index in [2.05, 4.69) is 5.32 Å². The van der Waals surface area contributed by atoms with Gasteiger partial charge < -0.3 is 19.9 Å². The summed E-state index contributed by atoms with van der Waals surface area (Å²) in [6, 6.07) is 5.37. The van der Waals surface area contributed by atoms with Gasteiger partial charge in [0.2, 0.25) is 0 Å². The molecule has 0 saturated carbocycles. The maximum Gasteiger partial charge on any atom is 0.332 e. The van der Waals surface area contributed by atoms with Crippen molar-refractivity contribution in [2.75, 3.05) is 13.7 Å². The Morgan fingerprint density at radius 2 is 2.19 bits per heavy atom. The Morgan fingerprint density at radius 3 is 2.81 bits per heavy atom. The molecule has 6 heteroatoms. The Balaban J connectivity index is 1.94. The van der Waals surface area contributed by atoms with Gasteiger partial charge in [-0.15, -0.1) is 0 Å². The Bertz CT molecular complexity index is 543. The summed E-state index contributed by atoms with van der Waals surface area (Å²) in [5.74, 6) is -0.698. The summed E-state index contributed by atoms with van der Waals surface area (Å²) in [7, 11) is 1.51. The van der Waals surface area contributed by atoms with Crippen molar-refractivity contribution in [2.45, 2.75) is 32.0 Å². The molecule has 2 rings (SSSR count). The minimum atomic E-state index is -0.954. The van der Waals surface area contributed by atoms with Crippen molar-refractivity contribution in [1.82, 2.24) is 5.32 Å². The second-order valence-electron chi connectivity index (χ2n) is 5.08. The van der Waals surface area contributed by atoms with Gasteiger partial charge in [0.25, 0.3) is 5.91 Å². The molecule has 0 aliphatic carbocycles. The van der Waals surface area contributed by atoms with Crippen LogP contribution in [0.2, 0.25) is 0 Å². The summed E-state index contributed by atoms with van der Waals surface area (Å²) in [6.07, 6.45) is 0.0810. The van der Waals surface area contributed by atoms with Crippen molar-refractivity contribution in [3.05, 3.63) is 29.3 Å². The highest BCUT2D eigenvalue weighted by atomic mass is 16.5. The lowest BCUT2D eigenvalue weighted by Crippen LogP contribution is -2.33. The fourth-order valence-electron chi connectivity index (χ4n) is 2.34. The zero-order valence-corrected chi connectivity index (χ0v) is 12.1. The van der Waals surface area contributed by atoms with E-state index in [9.17, 15) is 9.59 Å². The quantitative estimate of drug-likeness (QED) is 0.856. The van der Waals surface area contributed by atoms with E-state index in [1.165, 1.54) is 7.11 Å². The molecule has 6 nitrogen and oxygen atoms in total. The molecule has 2 unspecified atom stereocenters. The number of rotatable bonds is 5. The number of aliphatic carboxylic acids is 1. The summed E-state index contributed by atoms with van der Waals surface area (Å²) < 4.78 is 10.5. The highest BCUT2D eigenvalue weighted by Crippen LogP contribution is 2.21. The van der Waals surface area contributed by atoms with Gasteiger partial charge in [-0.05, 0) is 31.9 Å². The van der Waals surface area contributed by atoms with Crippen LogP contribution in [-0.2, 0) is 9.53 Å². The summed E-state index contributed by atoms with van der Waals surface area (Å²) in [5, 5.41) is 11.6. The van der Waals surface area contributed by atoms with E-state index >= 15 is 0 Å². The van der Waals surface area contributed by atoms with Gasteiger partial charge in [-0.3, -0.25) is 4.79 Å². The predicted octanol–water partition coefficient (Wildman–Crippen LogP) is 1.37. The molecule has 1 saturated heterocycles. The number of carbonyl (C=O) groups is 2. The zero-order valence-electron chi connectivity index (χ0n) is 12.1. The molecule has 1 aliphatic rings. The Hall–Kier alpha value is -2.08. The molecule has 0 spiro atoms. The van der Waals surface area contributed by atoms with Crippen LogP contribution < -0.4 is 10.1 Å². The van der Waals surface area contributed by atoms with Crippen LogP contribution in [0.5, 0.6) is 5.75 Å². The average molecular weight is 293 g/mol. The highest BCUT2D eigenvalue weighted by molar-refractivity contribution is 5.97. The number of carboxylic acid groups (broad SMARTS) is 1. The molecule has 0 aromatic heterocycles. The number of amides is 1. The molecule has 114 valence electrons. The van der Waals surface area contributed by atoms with Crippen LogP contribution in [0.1, 0.15) is 28.8 Å². The smallest absolute Gasteiger partial charge is 0.332 e. The van der Waals surface area contributed by atoms with Gasteiger partial charge in [0.05, 0.1) is 18.8 Å². The van der Waals surface area contributed by atoms with E-state index < -0.39 is 12.1 Å². The third kappa shape index (κ3) is 3.72. The molecule has 0 bridgehead atoms. The Labute approximate surface area is 123 Å². The molecule has 2 atom stereocenters. The van der Waals surface area contributed by atoms with Crippen LogP contribution in [-0.4, -0.2) is 42.8 Å². The lowest BCUT2D eigenvalue weighted by atomic mass is 10.1. The van der Waals surface area contributed by atoms with Crippen LogP contribution in [0.4, 0.5) is 0 Å². The number of nitrogens with one attached hydrogen (secondary N) is 1. The average Bonchev–Trinajstić information content (AvgIpc) is 2.94. The Morgan fingerprint density at radius 1 is 1.43 bits per heavy atom. The van der Waals surface area contributed by atoms with E-state index in [0.717, 1.165) is 5.56 Å². The van der Waals surface area contributed by atoms with Crippen LogP contribution in [0.3, 0.4) is 0 Å². The summed E-state index contributed by atoms with van der Waals surface area (Å²) in [5.41, 5.74) is 1.43. The van der Waals surface area contributed by atoms with Crippen molar-refractivity contribution >= 4 is 11.9 Å². The van der Waals surface area contributed by atoms with Crippen LogP contribution in [0.25, 0.3) is 0 Å². The lowest BCUT2D eigenvalue weighted by Gasteiger charge is -2.14. The van der Waals surface area contributed by atoms with Gasteiger partial charge in [0.15, 0.2) is 6.10 Å². The lowest BCUT2D eigenvalue weighted by molar-refractivity contribution is -0.149. The number of benzene rings is 1. The number of carbonyl (C=O) groups excluding carboxylic acids is 1. The van der Waals surface area contributed by atoms with Gasteiger partial charge >= 0.3 is 5.97 Å². The van der Waals surface area contributed by atoms with Gasteiger partial charge in [-0.2, -0.15) is 0 Å². The maximum absolute atomic E-state index is 12.2. The largest absolute Gasteiger partial charge is 0.496 e. The van der Waals surface area contributed by atoms with Crippen molar-refractivity contribution in [1.29, 1.82) is 0 Å². The molecule has 1 aliphatic heterocycles. The monoisotopic (exact) mass is 293 g/mol. The first kappa shape index (κ1) is 15.3. The summed E-state index contributed by atoms with van der Waals surface area (Å²) in [6.45, 7) is 2.19. The van der Waals surface area contributed by atoms with E-state index in [1.807, 2.05) is 13.0 Å².